The van der Waals surface area contributed by atoms with Crippen LogP contribution in [0.1, 0.15) is 42.7 Å². The normalized spacial score (nSPS) is 22.1. The second-order valence-corrected chi connectivity index (χ2v) is 7.02. The molecule has 3 N–H and O–H groups in total. The van der Waals surface area contributed by atoms with Crippen molar-refractivity contribution in [1.82, 2.24) is 5.32 Å². The fourth-order valence-electron chi connectivity index (χ4n) is 4.13. The van der Waals surface area contributed by atoms with E-state index in [4.69, 9.17) is 10.5 Å². The number of ether oxygens (including phenoxy) is 1. The molecule has 1 amide bonds. The molecule has 0 aromatic heterocycles. The molecule has 0 unspecified atom stereocenters. The quantitative estimate of drug-likeness (QED) is 0.896. The lowest BCUT2D eigenvalue weighted by atomic mass is 9.91. The Bertz CT molecular complexity index is 728. The number of benzene rings is 2. The largest absolute Gasteiger partial charge is 0.449 e. The molecule has 0 bridgehead atoms. The summed E-state index contributed by atoms with van der Waals surface area (Å²) in [7, 11) is 0. The van der Waals surface area contributed by atoms with E-state index in [0.717, 1.165) is 25.7 Å². The first kappa shape index (κ1) is 16.2. The van der Waals surface area contributed by atoms with E-state index in [1.807, 2.05) is 12.1 Å². The van der Waals surface area contributed by atoms with Gasteiger partial charge in [-0.05, 0) is 35.1 Å². The third-order valence-electron chi connectivity index (χ3n) is 5.47. The van der Waals surface area contributed by atoms with Crippen LogP contribution in [-0.2, 0) is 4.74 Å². The summed E-state index contributed by atoms with van der Waals surface area (Å²) in [4.78, 5) is 12.2. The van der Waals surface area contributed by atoms with Crippen LogP contribution in [0.25, 0.3) is 11.1 Å². The zero-order valence-corrected chi connectivity index (χ0v) is 14.3. The first-order chi connectivity index (χ1) is 12.2. The number of amides is 1. The minimum absolute atomic E-state index is 0.0319. The van der Waals surface area contributed by atoms with Crippen LogP contribution in [0.15, 0.2) is 48.5 Å². The van der Waals surface area contributed by atoms with Crippen LogP contribution in [0.4, 0.5) is 4.79 Å². The molecule has 2 aromatic carbocycles. The van der Waals surface area contributed by atoms with Gasteiger partial charge in [0.2, 0.25) is 0 Å². The molecule has 2 aromatic rings. The molecule has 4 rings (SSSR count). The highest BCUT2D eigenvalue weighted by Crippen LogP contribution is 2.44. The Balaban J connectivity index is 1.45. The van der Waals surface area contributed by atoms with Crippen LogP contribution in [0, 0.1) is 0 Å². The van der Waals surface area contributed by atoms with Gasteiger partial charge in [-0.1, -0.05) is 61.4 Å². The summed E-state index contributed by atoms with van der Waals surface area (Å²) in [6.07, 6.45) is 3.80. The highest BCUT2D eigenvalue weighted by Gasteiger charge is 2.30. The molecule has 0 radical (unpaired) electrons. The topological polar surface area (TPSA) is 64.3 Å². The van der Waals surface area contributed by atoms with E-state index in [0.29, 0.717) is 6.61 Å². The van der Waals surface area contributed by atoms with Crippen molar-refractivity contribution >= 4 is 6.09 Å². The number of nitrogens with one attached hydrogen (secondary N) is 1. The molecule has 1 fully saturated rings. The van der Waals surface area contributed by atoms with Crippen LogP contribution in [0.3, 0.4) is 0 Å². The van der Waals surface area contributed by atoms with E-state index in [1.165, 1.54) is 22.3 Å². The van der Waals surface area contributed by atoms with Crippen molar-refractivity contribution in [3.8, 4) is 11.1 Å². The Morgan fingerprint density at radius 1 is 1.00 bits per heavy atom. The van der Waals surface area contributed by atoms with Gasteiger partial charge in [-0.2, -0.15) is 0 Å². The second kappa shape index (κ2) is 6.89. The van der Waals surface area contributed by atoms with Gasteiger partial charge >= 0.3 is 6.09 Å². The van der Waals surface area contributed by atoms with Gasteiger partial charge in [0, 0.05) is 18.0 Å². The summed E-state index contributed by atoms with van der Waals surface area (Å²) >= 11 is 0. The van der Waals surface area contributed by atoms with Crippen molar-refractivity contribution in [2.45, 2.75) is 43.7 Å². The molecule has 2 aliphatic carbocycles. The molecule has 0 aliphatic heterocycles. The summed E-state index contributed by atoms with van der Waals surface area (Å²) in [5, 5.41) is 2.95. The van der Waals surface area contributed by atoms with E-state index in [9.17, 15) is 4.79 Å². The van der Waals surface area contributed by atoms with Gasteiger partial charge in [0.25, 0.3) is 0 Å². The Hall–Kier alpha value is -2.33. The summed E-state index contributed by atoms with van der Waals surface area (Å²) in [5.74, 6) is 0.0955. The minimum atomic E-state index is -0.357. The monoisotopic (exact) mass is 336 g/mol. The van der Waals surface area contributed by atoms with Crippen LogP contribution < -0.4 is 11.1 Å². The minimum Gasteiger partial charge on any atom is -0.449 e. The average Bonchev–Trinajstić information content (AvgIpc) is 2.96. The van der Waals surface area contributed by atoms with Crippen molar-refractivity contribution < 1.29 is 9.53 Å². The van der Waals surface area contributed by atoms with Gasteiger partial charge in [-0.15, -0.1) is 0 Å². The number of fused-ring (bicyclic) bond motifs is 3. The molecular formula is C21H24N2O2. The van der Waals surface area contributed by atoms with Crippen molar-refractivity contribution in [2.75, 3.05) is 6.61 Å². The maximum Gasteiger partial charge on any atom is 0.407 e. The lowest BCUT2D eigenvalue weighted by Crippen LogP contribution is -2.49. The smallest absolute Gasteiger partial charge is 0.407 e. The number of carbonyl (C=O) groups excluding carboxylic acids is 1. The Morgan fingerprint density at radius 2 is 1.60 bits per heavy atom. The summed E-state index contributed by atoms with van der Waals surface area (Å²) < 4.78 is 5.59. The number of hydrogen-bond acceptors (Lipinski definition) is 3. The molecule has 0 heterocycles. The lowest BCUT2D eigenvalue weighted by molar-refractivity contribution is 0.134. The van der Waals surface area contributed by atoms with Crippen molar-refractivity contribution in [3.63, 3.8) is 0 Å². The first-order valence-corrected chi connectivity index (χ1v) is 9.11. The highest BCUT2D eigenvalue weighted by molar-refractivity contribution is 5.79. The number of hydrogen-bond donors (Lipinski definition) is 2. The Labute approximate surface area is 148 Å². The number of rotatable bonds is 3. The highest BCUT2D eigenvalue weighted by atomic mass is 16.5. The average molecular weight is 336 g/mol. The molecule has 0 spiro atoms. The number of alkyl carbamates (subject to hydrolysis) is 1. The van der Waals surface area contributed by atoms with Crippen LogP contribution in [-0.4, -0.2) is 24.8 Å². The van der Waals surface area contributed by atoms with Crippen molar-refractivity contribution in [1.29, 1.82) is 0 Å². The van der Waals surface area contributed by atoms with Crippen LogP contribution >= 0.6 is 0 Å². The Kier molecular flexibility index (Phi) is 4.45. The SMILES string of the molecule is N[C@H]1CCCC[C@@H]1NC(=O)OCC1c2ccccc2-c2ccccc21. The van der Waals surface area contributed by atoms with Gasteiger partial charge in [0.05, 0.1) is 0 Å². The molecule has 1 saturated carbocycles. The van der Waals surface area contributed by atoms with Gasteiger partial charge in [-0.3, -0.25) is 0 Å². The Morgan fingerprint density at radius 3 is 2.24 bits per heavy atom. The molecule has 130 valence electrons. The second-order valence-electron chi connectivity index (χ2n) is 7.02. The van der Waals surface area contributed by atoms with E-state index in [-0.39, 0.29) is 24.1 Å². The zero-order chi connectivity index (χ0) is 17.2. The number of nitrogens with two attached hydrogens (primary N) is 1. The predicted octanol–water partition coefficient (Wildman–Crippen LogP) is 3.80. The van der Waals surface area contributed by atoms with Crippen molar-refractivity contribution in [2.24, 2.45) is 5.73 Å². The summed E-state index contributed by atoms with van der Waals surface area (Å²) in [6, 6.07) is 16.8. The molecule has 4 nitrogen and oxygen atoms in total. The molecular weight excluding hydrogens is 312 g/mol. The summed E-state index contributed by atoms with van der Waals surface area (Å²) in [6.45, 7) is 0.349. The first-order valence-electron chi connectivity index (χ1n) is 9.11. The third-order valence-corrected chi connectivity index (χ3v) is 5.47. The van der Waals surface area contributed by atoms with Crippen LogP contribution in [0.2, 0.25) is 0 Å². The fraction of sp³-hybridized carbons (Fsp3) is 0.381. The van der Waals surface area contributed by atoms with Gasteiger partial charge in [0.15, 0.2) is 0 Å². The maximum atomic E-state index is 12.2. The standard InChI is InChI=1S/C21H24N2O2/c22-19-11-5-6-12-20(19)23-21(24)25-13-18-16-9-3-1-7-14(16)15-8-2-4-10-17(15)18/h1-4,7-10,18-20H,5-6,11-13,22H2,(H,23,24)/t19-,20-/m0/s1. The van der Waals surface area contributed by atoms with E-state index in [1.54, 1.807) is 0 Å². The van der Waals surface area contributed by atoms with E-state index < -0.39 is 0 Å². The molecule has 2 aliphatic rings. The van der Waals surface area contributed by atoms with Crippen molar-refractivity contribution in [3.05, 3.63) is 59.7 Å². The number of carbonyl (C=O) groups is 1. The molecule has 2 atom stereocenters. The molecule has 4 heteroatoms. The zero-order valence-electron chi connectivity index (χ0n) is 14.3. The molecule has 0 saturated heterocycles. The van der Waals surface area contributed by atoms with E-state index >= 15 is 0 Å². The van der Waals surface area contributed by atoms with Gasteiger partial charge in [-0.25, -0.2) is 4.79 Å². The lowest BCUT2D eigenvalue weighted by Gasteiger charge is -2.29. The van der Waals surface area contributed by atoms with E-state index in [2.05, 4.69) is 41.7 Å². The predicted molar refractivity (Wildman–Crippen MR) is 98.4 cm³/mol. The maximum absolute atomic E-state index is 12.2. The third kappa shape index (κ3) is 3.14. The van der Waals surface area contributed by atoms with Gasteiger partial charge in [0.1, 0.15) is 6.61 Å². The molecule has 25 heavy (non-hydrogen) atoms. The fourth-order valence-corrected chi connectivity index (χ4v) is 4.13. The van der Waals surface area contributed by atoms with Crippen LogP contribution in [0.5, 0.6) is 0 Å². The van der Waals surface area contributed by atoms with Gasteiger partial charge < -0.3 is 15.8 Å². The summed E-state index contributed by atoms with van der Waals surface area (Å²) in [5.41, 5.74) is 11.0.